The molecule has 2 aromatic carbocycles. The van der Waals surface area contributed by atoms with Crippen molar-refractivity contribution in [2.24, 2.45) is 5.14 Å². The number of rotatable bonds is 5. The molecule has 0 amide bonds. The summed E-state index contributed by atoms with van der Waals surface area (Å²) in [5, 5.41) is 4.74. The van der Waals surface area contributed by atoms with Gasteiger partial charge in [0, 0.05) is 6.54 Å². The molecule has 0 saturated carbocycles. The molecule has 0 heterocycles. The maximum Gasteiger partial charge on any atom is 0.242 e. The maximum atomic E-state index is 13.0. The number of primary sulfonamides is 1. The number of nitrogens with one attached hydrogen (secondary N) is 1. The van der Waals surface area contributed by atoms with Gasteiger partial charge in [-0.1, -0.05) is 23.7 Å². The largest absolute Gasteiger partial charge is 0.242 e. The molecule has 3 N–H and O–H groups in total. The predicted molar refractivity (Wildman–Crippen MR) is 83.3 cm³/mol. The number of sulfonamides is 2. The molecule has 0 fully saturated rings. The number of halogens is 2. The van der Waals surface area contributed by atoms with Crippen LogP contribution in [0.2, 0.25) is 5.02 Å². The Morgan fingerprint density at radius 2 is 1.65 bits per heavy atom. The van der Waals surface area contributed by atoms with Gasteiger partial charge in [0.2, 0.25) is 20.0 Å². The van der Waals surface area contributed by atoms with E-state index in [1.54, 1.807) is 0 Å². The summed E-state index contributed by atoms with van der Waals surface area (Å²) in [6, 6.07) is 8.33. The zero-order chi connectivity index (χ0) is 17.3. The molecular weight excluding hydrogens is 367 g/mol. The van der Waals surface area contributed by atoms with Gasteiger partial charge in [-0.3, -0.25) is 0 Å². The van der Waals surface area contributed by atoms with Crippen LogP contribution >= 0.6 is 11.6 Å². The van der Waals surface area contributed by atoms with Crippen LogP contribution in [0.5, 0.6) is 0 Å². The molecule has 2 aromatic rings. The molecule has 0 aliphatic carbocycles. The van der Waals surface area contributed by atoms with Crippen LogP contribution in [0, 0.1) is 5.82 Å². The molecule has 0 unspecified atom stereocenters. The average Bonchev–Trinajstić information content (AvgIpc) is 2.44. The van der Waals surface area contributed by atoms with Crippen molar-refractivity contribution < 1.29 is 21.2 Å². The molecule has 0 radical (unpaired) electrons. The van der Waals surface area contributed by atoms with E-state index in [0.717, 1.165) is 18.2 Å². The van der Waals surface area contributed by atoms with Gasteiger partial charge in [-0.15, -0.1) is 0 Å². The Bertz CT molecular complexity index is 929. The van der Waals surface area contributed by atoms with Gasteiger partial charge < -0.3 is 0 Å². The van der Waals surface area contributed by atoms with Crippen molar-refractivity contribution in [1.29, 1.82) is 0 Å². The quantitative estimate of drug-likeness (QED) is 0.824. The van der Waals surface area contributed by atoms with Gasteiger partial charge in [0.15, 0.2) is 0 Å². The van der Waals surface area contributed by atoms with Crippen LogP contribution in [0.25, 0.3) is 0 Å². The molecule has 6 nitrogen and oxygen atoms in total. The van der Waals surface area contributed by atoms with Gasteiger partial charge in [-0.25, -0.2) is 31.1 Å². The monoisotopic (exact) mass is 378 g/mol. The van der Waals surface area contributed by atoms with E-state index < -0.39 is 25.9 Å². The Labute approximate surface area is 138 Å². The normalized spacial score (nSPS) is 12.3. The summed E-state index contributed by atoms with van der Waals surface area (Å²) in [5.41, 5.74) is 0.513. The van der Waals surface area contributed by atoms with Crippen molar-refractivity contribution in [3.8, 4) is 0 Å². The fourth-order valence-electron chi connectivity index (χ4n) is 1.75. The summed E-state index contributed by atoms with van der Waals surface area (Å²) >= 11 is 5.73. The lowest BCUT2D eigenvalue weighted by Gasteiger charge is -2.09. The van der Waals surface area contributed by atoms with Gasteiger partial charge in [-0.2, -0.15) is 0 Å². The molecule has 0 spiro atoms. The van der Waals surface area contributed by atoms with E-state index in [0.29, 0.717) is 5.56 Å². The van der Waals surface area contributed by atoms with E-state index in [9.17, 15) is 21.2 Å². The number of hydrogen-bond acceptors (Lipinski definition) is 4. The van der Waals surface area contributed by atoms with E-state index in [1.165, 1.54) is 24.3 Å². The van der Waals surface area contributed by atoms with E-state index in [4.69, 9.17) is 16.7 Å². The van der Waals surface area contributed by atoms with E-state index in [1.807, 2.05) is 0 Å². The summed E-state index contributed by atoms with van der Waals surface area (Å²) in [6.45, 7) is -0.0963. The first-order valence-corrected chi connectivity index (χ1v) is 9.57. The minimum atomic E-state index is -3.94. The minimum Gasteiger partial charge on any atom is -0.225 e. The molecule has 124 valence electrons. The highest BCUT2D eigenvalue weighted by molar-refractivity contribution is 7.89. The Morgan fingerprint density at radius 3 is 2.17 bits per heavy atom. The Hall–Kier alpha value is -1.52. The second-order valence-electron chi connectivity index (χ2n) is 4.59. The SMILES string of the molecule is NS(=O)(=O)c1ccc(CNS(=O)(=O)c2ccc(F)cc2Cl)cc1. The average molecular weight is 379 g/mol. The molecule has 23 heavy (non-hydrogen) atoms. The van der Waals surface area contributed by atoms with Gasteiger partial charge >= 0.3 is 0 Å². The fraction of sp³-hybridized carbons (Fsp3) is 0.0769. The Kier molecular flexibility index (Phi) is 5.07. The second kappa shape index (κ2) is 6.54. The summed E-state index contributed by atoms with van der Waals surface area (Å²) < 4.78 is 61.8. The number of hydrogen-bond donors (Lipinski definition) is 2. The van der Waals surface area contributed by atoms with Gasteiger partial charge in [0.05, 0.1) is 9.92 Å². The van der Waals surface area contributed by atoms with Crippen LogP contribution in [-0.4, -0.2) is 16.8 Å². The molecule has 0 aromatic heterocycles. The summed E-state index contributed by atoms with van der Waals surface area (Å²) in [5.74, 6) is -0.646. The zero-order valence-electron chi connectivity index (χ0n) is 11.5. The van der Waals surface area contributed by atoms with Crippen LogP contribution < -0.4 is 9.86 Å². The van der Waals surface area contributed by atoms with Gasteiger partial charge in [0.1, 0.15) is 10.7 Å². The first kappa shape index (κ1) is 17.8. The number of benzene rings is 2. The van der Waals surface area contributed by atoms with Crippen molar-refractivity contribution in [2.75, 3.05) is 0 Å². The third kappa shape index (κ3) is 4.49. The van der Waals surface area contributed by atoms with Crippen LogP contribution in [0.4, 0.5) is 4.39 Å². The van der Waals surface area contributed by atoms with Crippen molar-refractivity contribution in [1.82, 2.24) is 4.72 Å². The predicted octanol–water partition coefficient (Wildman–Crippen LogP) is 1.60. The van der Waals surface area contributed by atoms with E-state index in [2.05, 4.69) is 4.72 Å². The Balaban J connectivity index is 2.16. The number of nitrogens with two attached hydrogens (primary N) is 1. The molecule has 2 rings (SSSR count). The highest BCUT2D eigenvalue weighted by atomic mass is 35.5. The fourth-order valence-corrected chi connectivity index (χ4v) is 3.81. The van der Waals surface area contributed by atoms with E-state index in [-0.39, 0.29) is 21.4 Å². The van der Waals surface area contributed by atoms with E-state index >= 15 is 0 Å². The van der Waals surface area contributed by atoms with Crippen molar-refractivity contribution in [3.63, 3.8) is 0 Å². The van der Waals surface area contributed by atoms with Crippen LogP contribution in [0.15, 0.2) is 52.3 Å². The third-order valence-corrected chi connectivity index (χ3v) is 5.72. The topological polar surface area (TPSA) is 106 Å². The smallest absolute Gasteiger partial charge is 0.225 e. The molecule has 0 aliphatic heterocycles. The lowest BCUT2D eigenvalue weighted by Crippen LogP contribution is -2.23. The summed E-state index contributed by atoms with van der Waals surface area (Å²) in [4.78, 5) is -0.326. The zero-order valence-corrected chi connectivity index (χ0v) is 13.9. The molecule has 0 bridgehead atoms. The first-order valence-electron chi connectivity index (χ1n) is 6.16. The third-order valence-electron chi connectivity index (χ3n) is 2.90. The molecular formula is C13H12ClFN2O4S2. The van der Waals surface area contributed by atoms with Crippen molar-refractivity contribution in [3.05, 3.63) is 58.9 Å². The lowest BCUT2D eigenvalue weighted by molar-refractivity contribution is 0.580. The van der Waals surface area contributed by atoms with Gasteiger partial charge in [-0.05, 0) is 35.9 Å². The van der Waals surface area contributed by atoms with Crippen LogP contribution in [-0.2, 0) is 26.6 Å². The van der Waals surface area contributed by atoms with Crippen LogP contribution in [0.1, 0.15) is 5.56 Å². The second-order valence-corrected chi connectivity index (χ2v) is 8.29. The maximum absolute atomic E-state index is 13.0. The van der Waals surface area contributed by atoms with Crippen molar-refractivity contribution in [2.45, 2.75) is 16.3 Å². The summed E-state index contributed by atoms with van der Waals surface area (Å²) in [6.07, 6.45) is 0. The molecule has 0 saturated heterocycles. The molecule has 0 atom stereocenters. The Morgan fingerprint density at radius 1 is 1.04 bits per heavy atom. The molecule has 0 aliphatic rings. The minimum absolute atomic E-state index is 0.0781. The highest BCUT2D eigenvalue weighted by Gasteiger charge is 2.18. The van der Waals surface area contributed by atoms with Gasteiger partial charge in [0.25, 0.3) is 0 Å². The standard InChI is InChI=1S/C13H12ClFN2O4S2/c14-12-7-10(15)3-6-13(12)23(20,21)17-8-9-1-4-11(5-2-9)22(16,18)19/h1-7,17H,8H2,(H2,16,18,19). The summed E-state index contributed by atoms with van der Waals surface area (Å²) in [7, 11) is -7.74. The lowest BCUT2D eigenvalue weighted by atomic mass is 10.2. The van der Waals surface area contributed by atoms with Crippen molar-refractivity contribution >= 4 is 31.6 Å². The molecule has 10 heteroatoms. The highest BCUT2D eigenvalue weighted by Crippen LogP contribution is 2.22. The first-order chi connectivity index (χ1) is 10.6. The van der Waals surface area contributed by atoms with Crippen LogP contribution in [0.3, 0.4) is 0 Å².